The summed E-state index contributed by atoms with van der Waals surface area (Å²) >= 11 is 1.65. The minimum atomic E-state index is 0.431. The zero-order valence-corrected chi connectivity index (χ0v) is 11.1. The number of pyridine rings is 1. The third kappa shape index (κ3) is 2.47. The Hall–Kier alpha value is -2.25. The largest absolute Gasteiger partial charge is 0.430 e. The van der Waals surface area contributed by atoms with Crippen molar-refractivity contribution in [2.75, 3.05) is 6.26 Å². The van der Waals surface area contributed by atoms with Crippen LogP contribution in [-0.4, -0.2) is 16.2 Å². The summed E-state index contributed by atoms with van der Waals surface area (Å²) in [4.78, 5) is 9.52. The van der Waals surface area contributed by atoms with Crippen LogP contribution in [0.2, 0.25) is 0 Å². The number of fused-ring (bicyclic) bond motifs is 1. The van der Waals surface area contributed by atoms with Gasteiger partial charge in [0.05, 0.1) is 0 Å². The van der Waals surface area contributed by atoms with Crippen molar-refractivity contribution in [2.45, 2.75) is 4.90 Å². The second kappa shape index (κ2) is 5.17. The van der Waals surface area contributed by atoms with Gasteiger partial charge in [0.25, 0.3) is 5.89 Å². The molecule has 0 saturated carbocycles. The molecule has 92 valence electrons. The van der Waals surface area contributed by atoms with Gasteiger partial charge in [-0.1, -0.05) is 12.0 Å². The van der Waals surface area contributed by atoms with Crippen LogP contribution < -0.4 is 0 Å². The van der Waals surface area contributed by atoms with Gasteiger partial charge in [-0.3, -0.25) is 4.98 Å². The van der Waals surface area contributed by atoms with Crippen LogP contribution in [0, 0.1) is 11.8 Å². The number of oxazole rings is 1. The molecule has 0 radical (unpaired) electrons. The average molecular weight is 266 g/mol. The van der Waals surface area contributed by atoms with E-state index in [4.69, 9.17) is 4.42 Å². The molecule has 3 rings (SSSR count). The molecule has 0 atom stereocenters. The Balaban J connectivity index is 2.01. The molecular weight excluding hydrogens is 256 g/mol. The van der Waals surface area contributed by atoms with Crippen molar-refractivity contribution in [3.05, 3.63) is 54.2 Å². The molecule has 0 fully saturated rings. The maximum atomic E-state index is 5.61. The van der Waals surface area contributed by atoms with Crippen LogP contribution in [0.3, 0.4) is 0 Å². The molecule has 3 nitrogen and oxygen atoms in total. The number of para-hydroxylation sites is 1. The van der Waals surface area contributed by atoms with Gasteiger partial charge in [-0.05, 0) is 36.4 Å². The van der Waals surface area contributed by atoms with Crippen molar-refractivity contribution in [3.63, 3.8) is 0 Å². The molecule has 0 unspecified atom stereocenters. The van der Waals surface area contributed by atoms with Crippen LogP contribution in [0.1, 0.15) is 11.5 Å². The predicted molar refractivity (Wildman–Crippen MR) is 76.0 cm³/mol. The molecule has 2 aromatic heterocycles. The number of hydrogen-bond acceptors (Lipinski definition) is 4. The van der Waals surface area contributed by atoms with Crippen LogP contribution in [0.25, 0.3) is 11.1 Å². The molecule has 0 bridgehead atoms. The summed E-state index contributed by atoms with van der Waals surface area (Å²) in [7, 11) is 0. The van der Waals surface area contributed by atoms with E-state index in [2.05, 4.69) is 21.8 Å². The summed E-state index contributed by atoms with van der Waals surface area (Å²) in [5.41, 5.74) is 2.47. The third-order valence-electron chi connectivity index (χ3n) is 2.58. The molecule has 4 heteroatoms. The van der Waals surface area contributed by atoms with Gasteiger partial charge in [0, 0.05) is 22.9 Å². The first-order valence-corrected chi connectivity index (χ1v) is 6.95. The molecule has 0 aliphatic rings. The predicted octanol–water partition coefficient (Wildman–Crippen LogP) is 3.34. The van der Waals surface area contributed by atoms with Gasteiger partial charge >= 0.3 is 0 Å². The fourth-order valence-corrected chi connectivity index (χ4v) is 2.26. The second-order valence-electron chi connectivity index (χ2n) is 3.82. The van der Waals surface area contributed by atoms with Crippen molar-refractivity contribution >= 4 is 22.9 Å². The molecule has 1 aromatic carbocycles. The molecule has 3 aromatic rings. The third-order valence-corrected chi connectivity index (χ3v) is 3.35. The molecule has 0 spiro atoms. The fourth-order valence-electron chi connectivity index (χ4n) is 1.70. The van der Waals surface area contributed by atoms with Gasteiger partial charge in [0.1, 0.15) is 5.52 Å². The van der Waals surface area contributed by atoms with E-state index in [9.17, 15) is 0 Å². The number of nitrogens with zero attached hydrogens (tertiary/aromatic N) is 2. The Kier molecular flexibility index (Phi) is 3.21. The van der Waals surface area contributed by atoms with Crippen molar-refractivity contribution < 1.29 is 4.42 Å². The first-order valence-electron chi connectivity index (χ1n) is 5.72. The molecule has 0 saturated heterocycles. The highest BCUT2D eigenvalue weighted by Gasteiger charge is 2.07. The zero-order chi connectivity index (χ0) is 13.1. The molecule has 0 amide bonds. The molecule has 0 aliphatic carbocycles. The Morgan fingerprint density at radius 3 is 2.89 bits per heavy atom. The van der Waals surface area contributed by atoms with E-state index in [-0.39, 0.29) is 0 Å². The standard InChI is InChI=1S/C15H10N2OS/c1-19-13-6-2-5-12-15(13)17-14(18-12)8-7-11-4-3-9-16-10-11/h2-6,9-10H,1H3. The van der Waals surface area contributed by atoms with E-state index in [0.717, 1.165) is 21.6 Å². The van der Waals surface area contributed by atoms with Crippen LogP contribution >= 0.6 is 11.8 Å². The lowest BCUT2D eigenvalue weighted by Gasteiger charge is -1.93. The van der Waals surface area contributed by atoms with Crippen molar-refractivity contribution in [1.82, 2.24) is 9.97 Å². The Bertz CT molecular complexity index is 769. The van der Waals surface area contributed by atoms with Crippen molar-refractivity contribution in [2.24, 2.45) is 0 Å². The van der Waals surface area contributed by atoms with Gasteiger partial charge in [-0.2, -0.15) is 0 Å². The summed E-state index contributed by atoms with van der Waals surface area (Å²) in [6.07, 6.45) is 5.45. The van der Waals surface area contributed by atoms with Gasteiger partial charge in [0.2, 0.25) is 0 Å². The van der Waals surface area contributed by atoms with E-state index in [0.29, 0.717) is 5.89 Å². The highest BCUT2D eigenvalue weighted by molar-refractivity contribution is 7.98. The Morgan fingerprint density at radius 2 is 2.11 bits per heavy atom. The Labute approximate surface area is 115 Å². The highest BCUT2D eigenvalue weighted by atomic mass is 32.2. The van der Waals surface area contributed by atoms with Gasteiger partial charge in [-0.15, -0.1) is 11.8 Å². The molecule has 2 heterocycles. The van der Waals surface area contributed by atoms with Crippen molar-refractivity contribution in [3.8, 4) is 11.8 Å². The summed E-state index contributed by atoms with van der Waals surface area (Å²) in [6, 6.07) is 9.63. The van der Waals surface area contributed by atoms with E-state index in [1.807, 2.05) is 36.6 Å². The normalized spacial score (nSPS) is 10.2. The minimum absolute atomic E-state index is 0.431. The lowest BCUT2D eigenvalue weighted by atomic mass is 10.3. The lowest BCUT2D eigenvalue weighted by molar-refractivity contribution is 0.586. The van der Waals surface area contributed by atoms with Gasteiger partial charge in [-0.25, -0.2) is 4.98 Å². The monoisotopic (exact) mass is 266 g/mol. The quantitative estimate of drug-likeness (QED) is 0.500. The lowest BCUT2D eigenvalue weighted by Crippen LogP contribution is -1.77. The van der Waals surface area contributed by atoms with Gasteiger partial charge in [0.15, 0.2) is 5.58 Å². The van der Waals surface area contributed by atoms with Crippen molar-refractivity contribution in [1.29, 1.82) is 0 Å². The van der Waals surface area contributed by atoms with E-state index in [1.165, 1.54) is 0 Å². The topological polar surface area (TPSA) is 38.9 Å². The molecule has 0 aliphatic heterocycles. The zero-order valence-electron chi connectivity index (χ0n) is 10.3. The molecule has 19 heavy (non-hydrogen) atoms. The molecule has 0 N–H and O–H groups in total. The van der Waals surface area contributed by atoms with Gasteiger partial charge < -0.3 is 4.42 Å². The first kappa shape index (κ1) is 11.8. The number of rotatable bonds is 1. The number of aromatic nitrogens is 2. The Morgan fingerprint density at radius 1 is 1.16 bits per heavy atom. The highest BCUT2D eigenvalue weighted by Crippen LogP contribution is 2.25. The first-order chi connectivity index (χ1) is 9.36. The van der Waals surface area contributed by atoms with E-state index in [1.54, 1.807) is 24.2 Å². The summed E-state index contributed by atoms with van der Waals surface area (Å²) in [5, 5.41) is 0. The number of benzene rings is 1. The smallest absolute Gasteiger partial charge is 0.274 e. The van der Waals surface area contributed by atoms with Crippen LogP contribution in [0.4, 0.5) is 0 Å². The SMILES string of the molecule is CSc1cccc2oc(C#Cc3cccnc3)nc12. The van der Waals surface area contributed by atoms with E-state index < -0.39 is 0 Å². The second-order valence-corrected chi connectivity index (χ2v) is 4.67. The van der Waals surface area contributed by atoms with Crippen LogP contribution in [0.5, 0.6) is 0 Å². The summed E-state index contributed by atoms with van der Waals surface area (Å²) in [6.45, 7) is 0. The summed E-state index contributed by atoms with van der Waals surface area (Å²) < 4.78 is 5.61. The summed E-state index contributed by atoms with van der Waals surface area (Å²) in [5.74, 6) is 6.34. The van der Waals surface area contributed by atoms with Crippen LogP contribution in [-0.2, 0) is 0 Å². The number of thioether (sulfide) groups is 1. The maximum absolute atomic E-state index is 5.61. The van der Waals surface area contributed by atoms with Crippen LogP contribution in [0.15, 0.2) is 52.0 Å². The van der Waals surface area contributed by atoms with E-state index >= 15 is 0 Å². The number of hydrogen-bond donors (Lipinski definition) is 0. The minimum Gasteiger partial charge on any atom is -0.430 e. The maximum Gasteiger partial charge on any atom is 0.274 e. The molecular formula is C15H10N2OS. The fraction of sp³-hybridized carbons (Fsp3) is 0.0667. The average Bonchev–Trinajstić information content (AvgIpc) is 2.89.